The van der Waals surface area contributed by atoms with Crippen LogP contribution in [0.2, 0.25) is 0 Å². The molecule has 9 heteroatoms. The van der Waals surface area contributed by atoms with Gasteiger partial charge in [-0.1, -0.05) is 6.42 Å². The number of nitrogens with two attached hydrogens (primary N) is 3. The summed E-state index contributed by atoms with van der Waals surface area (Å²) >= 11 is 0. The molecule has 0 spiro atoms. The van der Waals surface area contributed by atoms with E-state index < -0.39 is 17.9 Å². The van der Waals surface area contributed by atoms with Crippen LogP contribution in [0.25, 0.3) is 0 Å². The molecule has 0 fully saturated rings. The SMILES string of the molecule is NCCC(=O)O.NCCC(=O)O.NCCCCCC(=O)O. The number of rotatable bonds is 9. The zero-order valence-electron chi connectivity index (χ0n) is 12.2. The summed E-state index contributed by atoms with van der Waals surface area (Å²) in [5.74, 6) is -2.39. The Hall–Kier alpha value is -1.71. The van der Waals surface area contributed by atoms with E-state index >= 15 is 0 Å². The van der Waals surface area contributed by atoms with E-state index in [1.165, 1.54) is 0 Å². The zero-order chi connectivity index (χ0) is 17.1. The van der Waals surface area contributed by atoms with Crippen LogP contribution in [-0.2, 0) is 14.4 Å². The monoisotopic (exact) mass is 309 g/mol. The molecule has 0 aliphatic carbocycles. The third-order valence-electron chi connectivity index (χ3n) is 1.81. The van der Waals surface area contributed by atoms with Crippen molar-refractivity contribution in [1.29, 1.82) is 0 Å². The van der Waals surface area contributed by atoms with Crippen molar-refractivity contribution in [3.8, 4) is 0 Å². The maximum absolute atomic E-state index is 9.93. The summed E-state index contributed by atoms with van der Waals surface area (Å²) in [4.78, 5) is 29.0. The lowest BCUT2D eigenvalue weighted by molar-refractivity contribution is -0.138. The van der Waals surface area contributed by atoms with E-state index in [0.717, 1.165) is 19.3 Å². The Bertz CT molecular complexity index is 258. The quantitative estimate of drug-likeness (QED) is 0.303. The van der Waals surface area contributed by atoms with Gasteiger partial charge in [0.05, 0.1) is 12.8 Å². The molecule has 0 aliphatic heterocycles. The highest BCUT2D eigenvalue weighted by Crippen LogP contribution is 1.97. The molecule has 0 aliphatic rings. The predicted molar refractivity (Wildman–Crippen MR) is 77.8 cm³/mol. The number of unbranched alkanes of at least 4 members (excludes halogenated alkanes) is 2. The largest absolute Gasteiger partial charge is 0.481 e. The van der Waals surface area contributed by atoms with Crippen molar-refractivity contribution in [3.63, 3.8) is 0 Å². The van der Waals surface area contributed by atoms with Crippen LogP contribution in [-0.4, -0.2) is 52.9 Å². The molecule has 0 amide bonds. The zero-order valence-corrected chi connectivity index (χ0v) is 12.2. The van der Waals surface area contributed by atoms with Gasteiger partial charge >= 0.3 is 17.9 Å². The van der Waals surface area contributed by atoms with Crippen molar-refractivity contribution in [3.05, 3.63) is 0 Å². The van der Waals surface area contributed by atoms with Gasteiger partial charge in [-0.2, -0.15) is 0 Å². The third kappa shape index (κ3) is 45.8. The summed E-state index contributed by atoms with van der Waals surface area (Å²) in [5.41, 5.74) is 14.9. The number of aliphatic carboxylic acids is 3. The van der Waals surface area contributed by atoms with E-state index in [1.807, 2.05) is 0 Å². The molecule has 0 saturated heterocycles. The second-order valence-corrected chi connectivity index (χ2v) is 3.86. The lowest BCUT2D eigenvalue weighted by Gasteiger charge is -1.93. The number of hydrogen-bond acceptors (Lipinski definition) is 6. The van der Waals surface area contributed by atoms with Crippen LogP contribution in [0.1, 0.15) is 38.5 Å². The molecule has 0 radical (unpaired) electrons. The normalized spacial score (nSPS) is 8.71. The van der Waals surface area contributed by atoms with Gasteiger partial charge < -0.3 is 32.5 Å². The van der Waals surface area contributed by atoms with Crippen LogP contribution < -0.4 is 17.2 Å². The van der Waals surface area contributed by atoms with E-state index in [9.17, 15) is 14.4 Å². The molecule has 9 N–H and O–H groups in total. The van der Waals surface area contributed by atoms with Crippen molar-refractivity contribution >= 4 is 17.9 Å². The van der Waals surface area contributed by atoms with E-state index in [2.05, 4.69) is 0 Å². The molecular formula is C12H27N3O6. The first kappa shape index (κ1) is 24.3. The molecule has 0 rings (SSSR count). The van der Waals surface area contributed by atoms with Crippen molar-refractivity contribution in [2.24, 2.45) is 17.2 Å². The molecule has 0 aromatic heterocycles. The molecular weight excluding hydrogens is 282 g/mol. The fourth-order valence-corrected chi connectivity index (χ4v) is 0.844. The molecule has 21 heavy (non-hydrogen) atoms. The molecule has 0 bridgehead atoms. The summed E-state index contributed by atoms with van der Waals surface area (Å²) < 4.78 is 0. The average Bonchev–Trinajstić information content (AvgIpc) is 2.35. The minimum atomic E-state index is -0.836. The molecule has 0 atom stereocenters. The smallest absolute Gasteiger partial charge is 0.304 e. The van der Waals surface area contributed by atoms with Crippen molar-refractivity contribution in [1.82, 2.24) is 0 Å². The average molecular weight is 309 g/mol. The standard InChI is InChI=1S/C6H13NO2.2C3H7NO2/c7-5-3-1-2-4-6(8)9;2*4-2-1-3(5)6/h1-5,7H2,(H,8,9);2*1-2,4H2,(H,5,6). The van der Waals surface area contributed by atoms with Crippen molar-refractivity contribution in [2.75, 3.05) is 19.6 Å². The summed E-state index contributed by atoms with van der Waals surface area (Å²) in [7, 11) is 0. The fraction of sp³-hybridized carbons (Fsp3) is 0.750. The Balaban J connectivity index is -0.000000240. The predicted octanol–water partition coefficient (Wildman–Crippen LogP) is -0.570. The first-order valence-corrected chi connectivity index (χ1v) is 6.57. The summed E-state index contributed by atoms with van der Waals surface area (Å²) in [6.07, 6.45) is 3.04. The number of carboxylic acid groups (broad SMARTS) is 3. The van der Waals surface area contributed by atoms with Gasteiger partial charge in [-0.05, 0) is 19.4 Å². The summed E-state index contributed by atoms with van der Waals surface area (Å²) in [6.45, 7) is 1.13. The van der Waals surface area contributed by atoms with Crippen LogP contribution in [0.15, 0.2) is 0 Å². The topological polar surface area (TPSA) is 190 Å². The maximum Gasteiger partial charge on any atom is 0.304 e. The molecule has 0 saturated carbocycles. The van der Waals surface area contributed by atoms with Crippen molar-refractivity contribution < 1.29 is 29.7 Å². The Kier molecular flexibility index (Phi) is 23.9. The minimum absolute atomic E-state index is 0.0694. The number of carbonyl (C=O) groups is 3. The Morgan fingerprint density at radius 1 is 0.571 bits per heavy atom. The van der Waals surface area contributed by atoms with Gasteiger partial charge in [0, 0.05) is 19.5 Å². The molecule has 0 aromatic rings. The number of hydrogen-bond donors (Lipinski definition) is 6. The molecule has 126 valence electrons. The molecule has 9 nitrogen and oxygen atoms in total. The van der Waals surface area contributed by atoms with Gasteiger partial charge in [-0.15, -0.1) is 0 Å². The molecule has 0 unspecified atom stereocenters. The van der Waals surface area contributed by atoms with Gasteiger partial charge in [-0.3, -0.25) is 14.4 Å². The minimum Gasteiger partial charge on any atom is -0.481 e. The van der Waals surface area contributed by atoms with Gasteiger partial charge in [0.15, 0.2) is 0 Å². The van der Waals surface area contributed by atoms with E-state index in [-0.39, 0.29) is 32.4 Å². The highest BCUT2D eigenvalue weighted by molar-refractivity contribution is 5.67. The summed E-state index contributed by atoms with van der Waals surface area (Å²) in [6, 6.07) is 0. The van der Waals surface area contributed by atoms with Crippen LogP contribution in [0, 0.1) is 0 Å². The van der Waals surface area contributed by atoms with Gasteiger partial charge in [0.1, 0.15) is 0 Å². The molecule has 0 heterocycles. The lowest BCUT2D eigenvalue weighted by Crippen LogP contribution is -2.05. The Morgan fingerprint density at radius 2 is 0.952 bits per heavy atom. The second kappa shape index (κ2) is 20.6. The lowest BCUT2D eigenvalue weighted by atomic mass is 10.2. The van der Waals surface area contributed by atoms with Gasteiger partial charge in [-0.25, -0.2) is 0 Å². The fourth-order valence-electron chi connectivity index (χ4n) is 0.844. The van der Waals surface area contributed by atoms with E-state index in [1.54, 1.807) is 0 Å². The van der Waals surface area contributed by atoms with Crippen LogP contribution in [0.4, 0.5) is 0 Å². The Labute approximate surface area is 124 Å². The van der Waals surface area contributed by atoms with Gasteiger partial charge in [0.25, 0.3) is 0 Å². The van der Waals surface area contributed by atoms with Crippen molar-refractivity contribution in [2.45, 2.75) is 38.5 Å². The molecule has 0 aromatic carbocycles. The van der Waals surface area contributed by atoms with E-state index in [4.69, 9.17) is 32.5 Å². The third-order valence-corrected chi connectivity index (χ3v) is 1.81. The Morgan fingerprint density at radius 3 is 1.14 bits per heavy atom. The summed E-state index contributed by atoms with van der Waals surface area (Å²) in [5, 5.41) is 23.8. The number of carboxylic acids is 3. The van der Waals surface area contributed by atoms with Gasteiger partial charge in [0.2, 0.25) is 0 Å². The first-order chi connectivity index (χ1) is 9.81. The highest BCUT2D eigenvalue weighted by Gasteiger charge is 1.94. The van der Waals surface area contributed by atoms with E-state index in [0.29, 0.717) is 6.54 Å². The highest BCUT2D eigenvalue weighted by atomic mass is 16.4. The van der Waals surface area contributed by atoms with Crippen LogP contribution in [0.3, 0.4) is 0 Å². The van der Waals surface area contributed by atoms with Crippen LogP contribution >= 0.6 is 0 Å². The maximum atomic E-state index is 9.93. The second-order valence-electron chi connectivity index (χ2n) is 3.86. The first-order valence-electron chi connectivity index (χ1n) is 6.57. The van der Waals surface area contributed by atoms with Crippen LogP contribution in [0.5, 0.6) is 0 Å².